The molecular formula is C24H23N5O3S. The lowest BCUT2D eigenvalue weighted by atomic mass is 10.2. The molecule has 0 saturated heterocycles. The van der Waals surface area contributed by atoms with Gasteiger partial charge in [0.2, 0.25) is 5.91 Å². The normalized spacial score (nSPS) is 10.8. The number of carbonyl (C=O) groups is 2. The molecule has 2 aromatic heterocycles. The Morgan fingerprint density at radius 2 is 1.67 bits per heavy atom. The fraction of sp³-hybridized carbons (Fsp3) is 0.167. The molecule has 0 spiro atoms. The van der Waals surface area contributed by atoms with Gasteiger partial charge in [0, 0.05) is 31.2 Å². The molecule has 0 aliphatic rings. The summed E-state index contributed by atoms with van der Waals surface area (Å²) in [6.45, 7) is 1.54. The number of nitrogens with one attached hydrogen (secondary N) is 2. The van der Waals surface area contributed by atoms with Crippen molar-refractivity contribution in [1.29, 1.82) is 0 Å². The molecule has 0 radical (unpaired) electrons. The van der Waals surface area contributed by atoms with E-state index < -0.39 is 0 Å². The Labute approximate surface area is 194 Å². The monoisotopic (exact) mass is 461 g/mol. The van der Waals surface area contributed by atoms with Crippen molar-refractivity contribution in [3.05, 3.63) is 81.7 Å². The minimum atomic E-state index is -0.356. The summed E-state index contributed by atoms with van der Waals surface area (Å²) in [4.78, 5) is 45.5. The van der Waals surface area contributed by atoms with Crippen molar-refractivity contribution in [2.24, 2.45) is 0 Å². The molecule has 2 N–H and O–H groups in total. The highest BCUT2D eigenvalue weighted by Crippen LogP contribution is 2.27. The van der Waals surface area contributed by atoms with Crippen molar-refractivity contribution < 1.29 is 9.59 Å². The number of anilines is 3. The van der Waals surface area contributed by atoms with Gasteiger partial charge in [0.25, 0.3) is 11.5 Å². The molecule has 0 fully saturated rings. The number of hydrogen-bond acceptors (Lipinski definition) is 6. The van der Waals surface area contributed by atoms with E-state index in [4.69, 9.17) is 0 Å². The highest BCUT2D eigenvalue weighted by Gasteiger charge is 2.20. The zero-order valence-corrected chi connectivity index (χ0v) is 19.3. The fourth-order valence-electron chi connectivity index (χ4n) is 3.40. The van der Waals surface area contributed by atoms with Crippen LogP contribution in [0.3, 0.4) is 0 Å². The Balaban J connectivity index is 1.54. The van der Waals surface area contributed by atoms with Gasteiger partial charge in [-0.2, -0.15) is 0 Å². The number of thiophene rings is 1. The summed E-state index contributed by atoms with van der Waals surface area (Å²) in [5, 5.41) is 5.97. The van der Waals surface area contributed by atoms with E-state index in [2.05, 4.69) is 15.6 Å². The van der Waals surface area contributed by atoms with Crippen molar-refractivity contribution in [2.45, 2.75) is 13.5 Å². The third-order valence-corrected chi connectivity index (χ3v) is 6.34. The van der Waals surface area contributed by atoms with Gasteiger partial charge in [-0.1, -0.05) is 18.2 Å². The lowest BCUT2D eigenvalue weighted by Crippen LogP contribution is -2.28. The van der Waals surface area contributed by atoms with Gasteiger partial charge < -0.3 is 15.5 Å². The van der Waals surface area contributed by atoms with Crippen LogP contribution in [-0.4, -0.2) is 35.5 Å². The van der Waals surface area contributed by atoms with E-state index in [0.717, 1.165) is 17.0 Å². The van der Waals surface area contributed by atoms with Gasteiger partial charge in [-0.3, -0.25) is 19.0 Å². The molecule has 8 nitrogen and oxygen atoms in total. The van der Waals surface area contributed by atoms with Crippen molar-refractivity contribution in [1.82, 2.24) is 9.55 Å². The Morgan fingerprint density at radius 3 is 2.33 bits per heavy atom. The Kier molecular flexibility index (Phi) is 6.23. The number of aryl methyl sites for hydroxylation is 1. The third kappa shape index (κ3) is 4.78. The Bertz CT molecular complexity index is 1380. The van der Waals surface area contributed by atoms with Crippen LogP contribution in [0.2, 0.25) is 0 Å². The summed E-state index contributed by atoms with van der Waals surface area (Å²) in [7, 11) is 3.87. The van der Waals surface area contributed by atoms with E-state index in [-0.39, 0.29) is 23.9 Å². The molecule has 168 valence electrons. The maximum Gasteiger partial charge on any atom is 0.266 e. The molecule has 0 aliphatic carbocycles. The second-order valence-corrected chi connectivity index (χ2v) is 8.72. The number of fused-ring (bicyclic) bond motifs is 1. The molecule has 0 atom stereocenters. The number of benzene rings is 2. The molecule has 33 heavy (non-hydrogen) atoms. The minimum absolute atomic E-state index is 0.183. The first-order valence-corrected chi connectivity index (χ1v) is 11.1. The summed E-state index contributed by atoms with van der Waals surface area (Å²) in [6, 6.07) is 16.5. The summed E-state index contributed by atoms with van der Waals surface area (Å²) < 4.78 is 1.25. The van der Waals surface area contributed by atoms with E-state index in [1.54, 1.807) is 31.2 Å². The zero-order valence-electron chi connectivity index (χ0n) is 18.5. The SMILES string of the molecule is Cc1c(C(=O)Nc2ccccc2)sc2ncn(CC(=O)Nc3ccc(N(C)C)cc3)c(=O)c12. The quantitative estimate of drug-likeness (QED) is 0.456. The van der Waals surface area contributed by atoms with Gasteiger partial charge in [-0.05, 0) is 48.9 Å². The largest absolute Gasteiger partial charge is 0.378 e. The number of para-hydroxylation sites is 1. The second-order valence-electron chi connectivity index (χ2n) is 7.72. The lowest BCUT2D eigenvalue weighted by molar-refractivity contribution is -0.116. The first kappa shape index (κ1) is 22.2. The molecule has 0 unspecified atom stereocenters. The summed E-state index contributed by atoms with van der Waals surface area (Å²) in [6.07, 6.45) is 1.34. The fourth-order valence-corrected chi connectivity index (χ4v) is 4.43. The number of nitrogens with zero attached hydrogens (tertiary/aromatic N) is 3. The van der Waals surface area contributed by atoms with Crippen LogP contribution in [0.15, 0.2) is 65.7 Å². The Hall–Kier alpha value is -3.98. The number of amides is 2. The zero-order chi connectivity index (χ0) is 23.5. The summed E-state index contributed by atoms with van der Waals surface area (Å²) in [5.41, 5.74) is 2.51. The highest BCUT2D eigenvalue weighted by molar-refractivity contribution is 7.20. The van der Waals surface area contributed by atoms with E-state index in [9.17, 15) is 14.4 Å². The number of aromatic nitrogens is 2. The first-order chi connectivity index (χ1) is 15.8. The molecule has 0 bridgehead atoms. The van der Waals surface area contributed by atoms with E-state index in [0.29, 0.717) is 32.0 Å². The molecule has 9 heteroatoms. The number of rotatable bonds is 6. The van der Waals surface area contributed by atoms with Crippen LogP contribution in [0.4, 0.5) is 17.1 Å². The summed E-state index contributed by atoms with van der Waals surface area (Å²) in [5.74, 6) is -0.641. The van der Waals surface area contributed by atoms with Gasteiger partial charge in [-0.15, -0.1) is 11.3 Å². The van der Waals surface area contributed by atoms with Crippen LogP contribution < -0.4 is 21.1 Å². The van der Waals surface area contributed by atoms with Gasteiger partial charge >= 0.3 is 0 Å². The molecule has 2 amide bonds. The summed E-state index contributed by atoms with van der Waals surface area (Å²) >= 11 is 1.16. The molecule has 4 rings (SSSR count). The standard InChI is InChI=1S/C24H23N5O3S/c1-15-20-23(33-21(15)22(31)27-16-7-5-4-6-8-16)25-14-29(24(20)32)13-19(30)26-17-9-11-18(12-10-17)28(2)3/h4-12,14H,13H2,1-3H3,(H,26,30)(H,27,31). The first-order valence-electron chi connectivity index (χ1n) is 10.3. The number of carbonyl (C=O) groups excluding carboxylic acids is 2. The van der Waals surface area contributed by atoms with Gasteiger partial charge in [0.05, 0.1) is 16.6 Å². The second kappa shape index (κ2) is 9.25. The van der Waals surface area contributed by atoms with Crippen LogP contribution >= 0.6 is 11.3 Å². The third-order valence-electron chi connectivity index (χ3n) is 5.14. The van der Waals surface area contributed by atoms with E-state index in [1.165, 1.54) is 10.9 Å². The van der Waals surface area contributed by atoms with Crippen LogP contribution in [0.25, 0.3) is 10.2 Å². The van der Waals surface area contributed by atoms with Gasteiger partial charge in [0.1, 0.15) is 11.4 Å². The van der Waals surface area contributed by atoms with Crippen molar-refractivity contribution in [3.8, 4) is 0 Å². The molecule has 4 aromatic rings. The van der Waals surface area contributed by atoms with Crippen LogP contribution in [0, 0.1) is 6.92 Å². The molecular weight excluding hydrogens is 438 g/mol. The average molecular weight is 462 g/mol. The van der Waals surface area contributed by atoms with Crippen molar-refractivity contribution >= 4 is 50.4 Å². The maximum absolute atomic E-state index is 13.1. The lowest BCUT2D eigenvalue weighted by Gasteiger charge is -2.13. The molecule has 0 aliphatic heterocycles. The van der Waals surface area contributed by atoms with Gasteiger partial charge in [0.15, 0.2) is 0 Å². The molecule has 2 aromatic carbocycles. The predicted octanol–water partition coefficient (Wildman–Crippen LogP) is 3.72. The minimum Gasteiger partial charge on any atom is -0.378 e. The van der Waals surface area contributed by atoms with Gasteiger partial charge in [-0.25, -0.2) is 4.98 Å². The van der Waals surface area contributed by atoms with Crippen LogP contribution in [0.1, 0.15) is 15.2 Å². The van der Waals surface area contributed by atoms with Crippen molar-refractivity contribution in [2.75, 3.05) is 29.6 Å². The van der Waals surface area contributed by atoms with Crippen LogP contribution in [0.5, 0.6) is 0 Å². The maximum atomic E-state index is 13.1. The highest BCUT2D eigenvalue weighted by atomic mass is 32.1. The average Bonchev–Trinajstić information content (AvgIpc) is 3.14. The number of hydrogen-bond donors (Lipinski definition) is 2. The van der Waals surface area contributed by atoms with E-state index in [1.807, 2.05) is 49.3 Å². The Morgan fingerprint density at radius 1 is 1.00 bits per heavy atom. The molecule has 2 heterocycles. The topological polar surface area (TPSA) is 96.3 Å². The smallest absolute Gasteiger partial charge is 0.266 e. The molecule has 0 saturated carbocycles. The predicted molar refractivity (Wildman–Crippen MR) is 132 cm³/mol. The van der Waals surface area contributed by atoms with Crippen LogP contribution in [-0.2, 0) is 11.3 Å². The van der Waals surface area contributed by atoms with E-state index >= 15 is 0 Å². The van der Waals surface area contributed by atoms with Crippen molar-refractivity contribution in [3.63, 3.8) is 0 Å².